The molecule has 0 saturated carbocycles. The topological polar surface area (TPSA) is 68.7 Å². The number of hydrogen-bond donors (Lipinski definition) is 0. The Kier molecular flexibility index (Phi) is 8.69. The minimum absolute atomic E-state index is 0.0975. The summed E-state index contributed by atoms with van der Waals surface area (Å²) in [6, 6.07) is 0. The number of carbonyl (C=O) groups is 2. The van der Waals surface area contributed by atoms with Gasteiger partial charge in [0.05, 0.1) is 20.3 Å². The van der Waals surface area contributed by atoms with Crippen LogP contribution in [0.1, 0.15) is 48.1 Å². The van der Waals surface area contributed by atoms with E-state index in [-0.39, 0.29) is 11.6 Å². The van der Waals surface area contributed by atoms with Crippen molar-refractivity contribution in [3.05, 3.63) is 16.1 Å². The Bertz CT molecular complexity index is 476. The lowest BCUT2D eigenvalue weighted by Gasteiger charge is -2.21. The van der Waals surface area contributed by atoms with Crippen molar-refractivity contribution in [2.24, 2.45) is 0 Å². The zero-order valence-corrected chi connectivity index (χ0v) is 14.3. The molecule has 1 aromatic heterocycles. The fourth-order valence-corrected chi connectivity index (χ4v) is 2.70. The fraction of sp³-hybridized carbons (Fsp3) is 0.667. The van der Waals surface area contributed by atoms with Gasteiger partial charge in [-0.25, -0.2) is 9.78 Å². The molecule has 22 heavy (non-hydrogen) atoms. The molecule has 0 fully saturated rings. The van der Waals surface area contributed by atoms with Crippen LogP contribution in [0.5, 0.6) is 0 Å². The first-order chi connectivity index (χ1) is 10.6. The minimum atomic E-state index is -0.458. The Morgan fingerprint density at radius 3 is 2.73 bits per heavy atom. The van der Waals surface area contributed by atoms with Gasteiger partial charge in [-0.1, -0.05) is 19.8 Å². The van der Waals surface area contributed by atoms with Crippen molar-refractivity contribution in [2.45, 2.75) is 39.2 Å². The number of unbranched alkanes of at least 4 members (excludes halogenated alkanes) is 2. The lowest BCUT2D eigenvalue weighted by Crippen LogP contribution is -2.33. The molecule has 0 saturated heterocycles. The van der Waals surface area contributed by atoms with E-state index in [0.717, 1.165) is 24.3 Å². The predicted molar refractivity (Wildman–Crippen MR) is 84.9 cm³/mol. The summed E-state index contributed by atoms with van der Waals surface area (Å²) in [6.07, 6.45) is 3.56. The summed E-state index contributed by atoms with van der Waals surface area (Å²) in [5.41, 5.74) is 0.285. The van der Waals surface area contributed by atoms with Crippen molar-refractivity contribution < 1.29 is 19.1 Å². The highest BCUT2D eigenvalue weighted by Crippen LogP contribution is 2.14. The maximum atomic E-state index is 12.3. The molecule has 0 aliphatic heterocycles. The van der Waals surface area contributed by atoms with Crippen LogP contribution >= 0.6 is 11.3 Å². The Morgan fingerprint density at radius 1 is 1.32 bits per heavy atom. The maximum absolute atomic E-state index is 12.3. The first-order valence-electron chi connectivity index (χ1n) is 7.41. The van der Waals surface area contributed by atoms with Gasteiger partial charge in [-0.2, -0.15) is 0 Å². The average molecular weight is 328 g/mol. The van der Waals surface area contributed by atoms with Crippen molar-refractivity contribution in [1.29, 1.82) is 0 Å². The minimum Gasteiger partial charge on any atom is -0.464 e. The van der Waals surface area contributed by atoms with Crippen LogP contribution in [0, 0.1) is 0 Å². The van der Waals surface area contributed by atoms with Crippen molar-refractivity contribution in [1.82, 2.24) is 9.88 Å². The number of thiazole rings is 1. The van der Waals surface area contributed by atoms with Crippen molar-refractivity contribution >= 4 is 23.2 Å². The van der Waals surface area contributed by atoms with Gasteiger partial charge < -0.3 is 14.4 Å². The summed E-state index contributed by atoms with van der Waals surface area (Å²) in [7, 11) is 2.93. The highest BCUT2D eigenvalue weighted by molar-refractivity contribution is 7.09. The molecule has 1 heterocycles. The third kappa shape index (κ3) is 6.11. The number of hydrogen-bond acceptors (Lipinski definition) is 6. The SMILES string of the molecule is CCCCCC(=O)N(CCOC)Cc1nc(C(=O)OC)cs1. The molecule has 0 N–H and O–H groups in total. The van der Waals surface area contributed by atoms with Crippen LogP contribution in [0.2, 0.25) is 0 Å². The fourth-order valence-electron chi connectivity index (χ4n) is 1.92. The van der Waals surface area contributed by atoms with Crippen LogP contribution in [-0.4, -0.2) is 49.1 Å². The molecular weight excluding hydrogens is 304 g/mol. The largest absolute Gasteiger partial charge is 0.464 e. The van der Waals surface area contributed by atoms with Crippen molar-refractivity contribution in [2.75, 3.05) is 27.4 Å². The Hall–Kier alpha value is -1.47. The van der Waals surface area contributed by atoms with Gasteiger partial charge in [0.2, 0.25) is 5.91 Å². The van der Waals surface area contributed by atoms with E-state index in [2.05, 4.69) is 16.6 Å². The van der Waals surface area contributed by atoms with Crippen molar-refractivity contribution in [3.8, 4) is 0 Å². The summed E-state index contributed by atoms with van der Waals surface area (Å²) in [6.45, 7) is 3.51. The van der Waals surface area contributed by atoms with Gasteiger partial charge in [0.25, 0.3) is 0 Å². The van der Waals surface area contributed by atoms with Crippen LogP contribution in [0.15, 0.2) is 5.38 Å². The molecule has 0 aliphatic rings. The standard InChI is InChI=1S/C15H24N2O4S/c1-4-5-6-7-14(18)17(8-9-20-2)10-13-16-12(11-22-13)15(19)21-3/h11H,4-10H2,1-3H3. The number of carbonyl (C=O) groups excluding carboxylic acids is 2. The molecule has 0 atom stereocenters. The molecule has 0 unspecified atom stereocenters. The van der Waals surface area contributed by atoms with Gasteiger partial charge >= 0.3 is 5.97 Å². The van der Waals surface area contributed by atoms with E-state index < -0.39 is 5.97 Å². The van der Waals surface area contributed by atoms with E-state index in [1.165, 1.54) is 18.4 Å². The number of ether oxygens (including phenoxy) is 2. The molecule has 1 amide bonds. The first-order valence-corrected chi connectivity index (χ1v) is 8.29. The summed E-state index contributed by atoms with van der Waals surface area (Å²) in [5, 5.41) is 2.37. The van der Waals surface area contributed by atoms with E-state index in [0.29, 0.717) is 26.1 Å². The molecule has 7 heteroatoms. The molecule has 0 bridgehead atoms. The molecule has 0 aliphatic carbocycles. The normalized spacial score (nSPS) is 10.5. The lowest BCUT2D eigenvalue weighted by atomic mass is 10.2. The molecule has 0 aromatic carbocycles. The first kappa shape index (κ1) is 18.6. The van der Waals surface area contributed by atoms with Gasteiger partial charge in [-0.3, -0.25) is 4.79 Å². The number of rotatable bonds is 10. The Labute approximate surface area is 135 Å². The van der Waals surface area contributed by atoms with Crippen LogP contribution in [0.4, 0.5) is 0 Å². The molecule has 0 radical (unpaired) electrons. The van der Waals surface area contributed by atoms with Gasteiger partial charge in [-0.15, -0.1) is 11.3 Å². The number of amides is 1. The van der Waals surface area contributed by atoms with Gasteiger partial charge in [0.15, 0.2) is 5.69 Å². The predicted octanol–water partition coefficient (Wildman–Crippen LogP) is 2.49. The monoisotopic (exact) mass is 328 g/mol. The molecular formula is C15H24N2O4S. The summed E-state index contributed by atoms with van der Waals surface area (Å²) >= 11 is 1.35. The Balaban J connectivity index is 2.65. The number of aromatic nitrogens is 1. The number of esters is 1. The number of nitrogens with zero attached hydrogens (tertiary/aromatic N) is 2. The molecule has 0 spiro atoms. The van der Waals surface area contributed by atoms with E-state index in [1.54, 1.807) is 17.4 Å². The van der Waals surface area contributed by atoms with Gasteiger partial charge in [0.1, 0.15) is 5.01 Å². The molecule has 124 valence electrons. The third-order valence-corrected chi connectivity index (χ3v) is 4.02. The summed E-state index contributed by atoms with van der Waals surface area (Å²) in [4.78, 5) is 29.6. The van der Waals surface area contributed by atoms with Crippen LogP contribution in [0.3, 0.4) is 0 Å². The molecule has 1 rings (SSSR count). The van der Waals surface area contributed by atoms with E-state index >= 15 is 0 Å². The zero-order valence-electron chi connectivity index (χ0n) is 13.5. The highest BCUT2D eigenvalue weighted by atomic mass is 32.1. The smallest absolute Gasteiger partial charge is 0.357 e. The van der Waals surface area contributed by atoms with Crippen LogP contribution < -0.4 is 0 Å². The van der Waals surface area contributed by atoms with E-state index in [1.807, 2.05) is 0 Å². The maximum Gasteiger partial charge on any atom is 0.357 e. The quantitative estimate of drug-likeness (QED) is 0.487. The Morgan fingerprint density at radius 2 is 2.09 bits per heavy atom. The molecule has 1 aromatic rings. The second-order valence-corrected chi connectivity index (χ2v) is 5.83. The van der Waals surface area contributed by atoms with Crippen molar-refractivity contribution in [3.63, 3.8) is 0 Å². The van der Waals surface area contributed by atoms with E-state index in [9.17, 15) is 9.59 Å². The summed E-state index contributed by atoms with van der Waals surface area (Å²) < 4.78 is 9.70. The second kappa shape index (κ2) is 10.3. The van der Waals surface area contributed by atoms with Crippen LogP contribution in [0.25, 0.3) is 0 Å². The lowest BCUT2D eigenvalue weighted by molar-refractivity contribution is -0.132. The van der Waals surface area contributed by atoms with E-state index in [4.69, 9.17) is 4.74 Å². The van der Waals surface area contributed by atoms with Gasteiger partial charge in [-0.05, 0) is 6.42 Å². The highest BCUT2D eigenvalue weighted by Gasteiger charge is 2.17. The zero-order chi connectivity index (χ0) is 16.4. The van der Waals surface area contributed by atoms with Crippen LogP contribution in [-0.2, 0) is 20.8 Å². The molecule has 6 nitrogen and oxygen atoms in total. The summed E-state index contributed by atoms with van der Waals surface area (Å²) in [5.74, 6) is -0.361. The second-order valence-electron chi connectivity index (χ2n) is 4.88. The number of methoxy groups -OCH3 is 2. The average Bonchev–Trinajstić information content (AvgIpc) is 2.99. The third-order valence-electron chi connectivity index (χ3n) is 3.18. The van der Waals surface area contributed by atoms with Gasteiger partial charge in [0, 0.05) is 25.5 Å².